The molecule has 2 fully saturated rings. The first-order valence-electron chi connectivity index (χ1n) is 8.74. The summed E-state index contributed by atoms with van der Waals surface area (Å²) in [7, 11) is 0. The summed E-state index contributed by atoms with van der Waals surface area (Å²) < 4.78 is 0. The molecule has 5 nitrogen and oxygen atoms in total. The molecule has 2 aromatic rings. The number of nitrogens with zero attached hydrogens (tertiary/aromatic N) is 3. The van der Waals surface area contributed by atoms with Crippen molar-refractivity contribution in [2.24, 2.45) is 0 Å². The third-order valence-electron chi connectivity index (χ3n) is 5.24. The van der Waals surface area contributed by atoms with Crippen molar-refractivity contribution in [3.63, 3.8) is 0 Å². The highest BCUT2D eigenvalue weighted by Crippen LogP contribution is 2.33. The van der Waals surface area contributed by atoms with Gasteiger partial charge in [-0.25, -0.2) is 0 Å². The minimum atomic E-state index is 0.0190. The standard InChI is InChI=1S/C20H21N3O2/c24-19(12-15-4-2-1-3-5-15)22-11-8-17-18(22)13-20(25)23(17)14-16-6-9-21-10-7-16/h1-7,9-10,17-18H,8,11-14H2/t17-,18+/m1/s1. The van der Waals surface area contributed by atoms with Gasteiger partial charge in [0.15, 0.2) is 0 Å². The third-order valence-corrected chi connectivity index (χ3v) is 5.24. The van der Waals surface area contributed by atoms with Gasteiger partial charge < -0.3 is 9.80 Å². The SMILES string of the molecule is O=C1C[C@H]2[C@@H](CCN2C(=O)Cc2ccccc2)N1Cc1ccncc1. The number of rotatable bonds is 4. The smallest absolute Gasteiger partial charge is 0.227 e. The second-order valence-corrected chi connectivity index (χ2v) is 6.75. The van der Waals surface area contributed by atoms with E-state index in [4.69, 9.17) is 0 Å². The van der Waals surface area contributed by atoms with E-state index in [0.717, 1.165) is 24.1 Å². The summed E-state index contributed by atoms with van der Waals surface area (Å²) in [6, 6.07) is 13.8. The summed E-state index contributed by atoms with van der Waals surface area (Å²) in [6.07, 6.45) is 5.20. The Bertz CT molecular complexity index is 763. The summed E-state index contributed by atoms with van der Waals surface area (Å²) in [5.41, 5.74) is 2.10. The Morgan fingerprint density at radius 3 is 2.56 bits per heavy atom. The molecule has 1 aromatic carbocycles. The first-order chi connectivity index (χ1) is 12.2. The number of aromatic nitrogens is 1. The molecular weight excluding hydrogens is 314 g/mol. The summed E-state index contributed by atoms with van der Waals surface area (Å²) in [5, 5.41) is 0. The topological polar surface area (TPSA) is 53.5 Å². The molecule has 4 rings (SSSR count). The van der Waals surface area contributed by atoms with Crippen molar-refractivity contribution in [2.75, 3.05) is 6.54 Å². The van der Waals surface area contributed by atoms with Crippen LogP contribution in [-0.4, -0.2) is 45.2 Å². The maximum absolute atomic E-state index is 12.7. The van der Waals surface area contributed by atoms with Gasteiger partial charge in [0.25, 0.3) is 0 Å². The van der Waals surface area contributed by atoms with Gasteiger partial charge in [-0.15, -0.1) is 0 Å². The highest BCUT2D eigenvalue weighted by Gasteiger charge is 2.47. The number of carbonyl (C=O) groups excluding carboxylic acids is 2. The molecule has 0 aliphatic carbocycles. The fraction of sp³-hybridized carbons (Fsp3) is 0.350. The zero-order chi connectivity index (χ0) is 17.2. The van der Waals surface area contributed by atoms with Crippen LogP contribution in [0.4, 0.5) is 0 Å². The minimum absolute atomic E-state index is 0.0190. The van der Waals surface area contributed by atoms with Crippen LogP contribution >= 0.6 is 0 Å². The van der Waals surface area contributed by atoms with Gasteiger partial charge in [-0.05, 0) is 29.7 Å². The van der Waals surface area contributed by atoms with Crippen molar-refractivity contribution in [3.8, 4) is 0 Å². The van der Waals surface area contributed by atoms with Gasteiger partial charge in [-0.2, -0.15) is 0 Å². The highest BCUT2D eigenvalue weighted by atomic mass is 16.2. The van der Waals surface area contributed by atoms with E-state index in [1.807, 2.05) is 52.3 Å². The predicted octanol–water partition coefficient (Wildman–Crippen LogP) is 2.03. The molecule has 3 heterocycles. The summed E-state index contributed by atoms with van der Waals surface area (Å²) in [6.45, 7) is 1.34. The molecule has 0 N–H and O–H groups in total. The predicted molar refractivity (Wildman–Crippen MR) is 93.5 cm³/mol. The lowest BCUT2D eigenvalue weighted by atomic mass is 10.1. The lowest BCUT2D eigenvalue weighted by Gasteiger charge is -2.25. The Kier molecular flexibility index (Phi) is 4.22. The van der Waals surface area contributed by atoms with E-state index < -0.39 is 0 Å². The Morgan fingerprint density at radius 2 is 1.80 bits per heavy atom. The normalized spacial score (nSPS) is 22.3. The van der Waals surface area contributed by atoms with Crippen LogP contribution in [0.15, 0.2) is 54.9 Å². The van der Waals surface area contributed by atoms with E-state index in [-0.39, 0.29) is 23.9 Å². The molecular formula is C20H21N3O2. The van der Waals surface area contributed by atoms with Gasteiger partial charge in [-0.1, -0.05) is 30.3 Å². The molecule has 5 heteroatoms. The lowest BCUT2D eigenvalue weighted by Crippen LogP contribution is -2.40. The van der Waals surface area contributed by atoms with E-state index in [9.17, 15) is 9.59 Å². The third kappa shape index (κ3) is 3.14. The first-order valence-corrected chi connectivity index (χ1v) is 8.74. The van der Waals surface area contributed by atoms with Crippen LogP contribution in [-0.2, 0) is 22.6 Å². The van der Waals surface area contributed by atoms with Gasteiger partial charge in [-0.3, -0.25) is 14.6 Å². The average molecular weight is 335 g/mol. The zero-order valence-corrected chi connectivity index (χ0v) is 14.0. The van der Waals surface area contributed by atoms with Crippen LogP contribution in [0.5, 0.6) is 0 Å². The monoisotopic (exact) mass is 335 g/mol. The molecule has 2 aliphatic rings. The van der Waals surface area contributed by atoms with Crippen molar-refractivity contribution in [2.45, 2.75) is 37.9 Å². The van der Waals surface area contributed by atoms with Crippen LogP contribution in [0.2, 0.25) is 0 Å². The van der Waals surface area contributed by atoms with E-state index >= 15 is 0 Å². The molecule has 2 saturated heterocycles. The lowest BCUT2D eigenvalue weighted by molar-refractivity contribution is -0.131. The molecule has 2 amide bonds. The molecule has 0 bridgehead atoms. The Labute approximate surface area is 147 Å². The van der Waals surface area contributed by atoms with Crippen molar-refractivity contribution in [1.82, 2.24) is 14.8 Å². The van der Waals surface area contributed by atoms with Crippen LogP contribution < -0.4 is 0 Å². The van der Waals surface area contributed by atoms with Crippen LogP contribution in [0.1, 0.15) is 24.0 Å². The molecule has 0 spiro atoms. The minimum Gasteiger partial charge on any atom is -0.337 e. The maximum Gasteiger partial charge on any atom is 0.227 e. The fourth-order valence-electron chi connectivity index (χ4n) is 4.00. The molecule has 2 aliphatic heterocycles. The van der Waals surface area contributed by atoms with E-state index in [1.54, 1.807) is 12.4 Å². The number of hydrogen-bond acceptors (Lipinski definition) is 3. The van der Waals surface area contributed by atoms with Crippen molar-refractivity contribution >= 4 is 11.8 Å². The van der Waals surface area contributed by atoms with Gasteiger partial charge in [0, 0.05) is 31.9 Å². The number of carbonyl (C=O) groups is 2. The Balaban J connectivity index is 1.45. The van der Waals surface area contributed by atoms with Crippen molar-refractivity contribution in [3.05, 3.63) is 66.0 Å². The average Bonchev–Trinajstić information content (AvgIpc) is 3.17. The largest absolute Gasteiger partial charge is 0.337 e. The first kappa shape index (κ1) is 15.8. The summed E-state index contributed by atoms with van der Waals surface area (Å²) >= 11 is 0. The highest BCUT2D eigenvalue weighted by molar-refractivity contribution is 5.84. The second-order valence-electron chi connectivity index (χ2n) is 6.75. The number of likely N-dealkylation sites (tertiary alicyclic amines) is 2. The molecule has 2 atom stereocenters. The molecule has 0 unspecified atom stereocenters. The number of fused-ring (bicyclic) bond motifs is 1. The van der Waals surface area contributed by atoms with Crippen LogP contribution in [0.25, 0.3) is 0 Å². The maximum atomic E-state index is 12.7. The molecule has 128 valence electrons. The Morgan fingerprint density at radius 1 is 1.04 bits per heavy atom. The second kappa shape index (κ2) is 6.67. The molecule has 0 radical (unpaired) electrons. The van der Waals surface area contributed by atoms with E-state index in [0.29, 0.717) is 19.4 Å². The number of pyridine rings is 1. The van der Waals surface area contributed by atoms with Crippen molar-refractivity contribution < 1.29 is 9.59 Å². The van der Waals surface area contributed by atoms with E-state index in [2.05, 4.69) is 4.98 Å². The summed E-state index contributed by atoms with van der Waals surface area (Å²) in [4.78, 5) is 33.1. The fourth-order valence-corrected chi connectivity index (χ4v) is 4.00. The van der Waals surface area contributed by atoms with Crippen LogP contribution in [0.3, 0.4) is 0 Å². The van der Waals surface area contributed by atoms with Gasteiger partial charge in [0.2, 0.25) is 11.8 Å². The zero-order valence-electron chi connectivity index (χ0n) is 14.0. The van der Waals surface area contributed by atoms with Crippen LogP contribution in [0, 0.1) is 0 Å². The molecule has 25 heavy (non-hydrogen) atoms. The van der Waals surface area contributed by atoms with E-state index in [1.165, 1.54) is 0 Å². The van der Waals surface area contributed by atoms with Gasteiger partial charge in [0.05, 0.1) is 18.5 Å². The van der Waals surface area contributed by atoms with Gasteiger partial charge >= 0.3 is 0 Å². The summed E-state index contributed by atoms with van der Waals surface area (Å²) in [5.74, 6) is 0.265. The van der Waals surface area contributed by atoms with Crippen molar-refractivity contribution in [1.29, 1.82) is 0 Å². The number of benzene rings is 1. The number of amides is 2. The molecule has 0 saturated carbocycles. The van der Waals surface area contributed by atoms with Gasteiger partial charge in [0.1, 0.15) is 0 Å². The number of hydrogen-bond donors (Lipinski definition) is 0. The molecule has 1 aromatic heterocycles. The quantitative estimate of drug-likeness (QED) is 0.859. The Hall–Kier alpha value is -2.69.